The van der Waals surface area contributed by atoms with Crippen molar-refractivity contribution in [1.29, 1.82) is 5.26 Å². The second-order valence-corrected chi connectivity index (χ2v) is 8.82. The number of nitriles is 1. The Bertz CT molecular complexity index is 1400. The van der Waals surface area contributed by atoms with Gasteiger partial charge in [0.1, 0.15) is 11.6 Å². The summed E-state index contributed by atoms with van der Waals surface area (Å²) in [5, 5.41) is 14.7. The second kappa shape index (κ2) is 9.20. The number of aryl methyl sites for hydroxylation is 2. The maximum Gasteiger partial charge on any atom is 0.222 e. The summed E-state index contributed by atoms with van der Waals surface area (Å²) < 4.78 is 1.70. The molecule has 8 nitrogen and oxygen atoms in total. The van der Waals surface area contributed by atoms with Crippen molar-refractivity contribution in [3.63, 3.8) is 0 Å². The highest BCUT2D eigenvalue weighted by molar-refractivity contribution is 5.81. The number of fused-ring (bicyclic) bond motifs is 2. The summed E-state index contributed by atoms with van der Waals surface area (Å²) >= 11 is 0. The van der Waals surface area contributed by atoms with Crippen molar-refractivity contribution in [3.05, 3.63) is 70.8 Å². The highest BCUT2D eigenvalue weighted by Gasteiger charge is 2.22. The minimum Gasteiger partial charge on any atom is -0.340 e. The molecule has 0 N–H and O–H groups in total. The van der Waals surface area contributed by atoms with Gasteiger partial charge in [0.05, 0.1) is 11.7 Å². The number of benzene rings is 1. The van der Waals surface area contributed by atoms with Gasteiger partial charge in [0.15, 0.2) is 5.65 Å². The van der Waals surface area contributed by atoms with Crippen LogP contribution in [0.25, 0.3) is 16.6 Å². The highest BCUT2D eigenvalue weighted by Crippen LogP contribution is 2.20. The molecule has 0 aliphatic carbocycles. The number of hydrogen-bond acceptors (Lipinski definition) is 6. The maximum absolute atomic E-state index is 13.0. The van der Waals surface area contributed by atoms with E-state index in [1.54, 1.807) is 4.52 Å². The molecule has 4 heterocycles. The van der Waals surface area contributed by atoms with E-state index < -0.39 is 0 Å². The quantitative estimate of drug-likeness (QED) is 0.461. The van der Waals surface area contributed by atoms with Crippen LogP contribution in [0.2, 0.25) is 0 Å². The highest BCUT2D eigenvalue weighted by atomic mass is 16.2. The molecule has 0 radical (unpaired) electrons. The maximum atomic E-state index is 13.0. The SMILES string of the molecule is Cc1nc2c(C#N)cnn2c(C)c1CCC(=O)N1CCN(Cc2cccc3cccnc23)CC1. The summed E-state index contributed by atoms with van der Waals surface area (Å²) in [6, 6.07) is 12.5. The Morgan fingerprint density at radius 2 is 1.91 bits per heavy atom. The Morgan fingerprint density at radius 1 is 1.12 bits per heavy atom. The van der Waals surface area contributed by atoms with Crippen LogP contribution in [-0.2, 0) is 17.8 Å². The minimum atomic E-state index is 0.170. The van der Waals surface area contributed by atoms with Crippen LogP contribution in [0.5, 0.6) is 0 Å². The number of para-hydroxylation sites is 1. The Kier molecular flexibility index (Phi) is 5.95. The number of carbonyl (C=O) groups is 1. The van der Waals surface area contributed by atoms with Crippen LogP contribution < -0.4 is 0 Å². The zero-order valence-corrected chi connectivity index (χ0v) is 19.5. The van der Waals surface area contributed by atoms with Gasteiger partial charge in [0.2, 0.25) is 5.91 Å². The van der Waals surface area contributed by atoms with Gasteiger partial charge >= 0.3 is 0 Å². The Balaban J connectivity index is 1.19. The van der Waals surface area contributed by atoms with E-state index in [2.05, 4.69) is 50.3 Å². The third-order valence-electron chi connectivity index (χ3n) is 6.75. The van der Waals surface area contributed by atoms with Crippen molar-refractivity contribution >= 4 is 22.5 Å². The first-order valence-corrected chi connectivity index (χ1v) is 11.6. The number of hydrogen-bond donors (Lipinski definition) is 0. The molecule has 34 heavy (non-hydrogen) atoms. The average molecular weight is 454 g/mol. The molecule has 1 aliphatic heterocycles. The van der Waals surface area contributed by atoms with Gasteiger partial charge in [0.25, 0.3) is 0 Å². The lowest BCUT2D eigenvalue weighted by Crippen LogP contribution is -2.48. The predicted molar refractivity (Wildman–Crippen MR) is 129 cm³/mol. The largest absolute Gasteiger partial charge is 0.340 e. The number of amides is 1. The molecule has 4 aromatic rings. The van der Waals surface area contributed by atoms with E-state index in [1.165, 1.54) is 11.8 Å². The Morgan fingerprint density at radius 3 is 2.71 bits per heavy atom. The standard InChI is InChI=1S/C26H27N7O/c1-18-23(19(2)33-26(30-18)22(15-27)16-29-33)8-9-24(34)32-13-11-31(12-14-32)17-21-6-3-5-20-7-4-10-28-25(20)21/h3-7,10,16H,8-9,11-14,17H2,1-2H3. The fourth-order valence-electron chi connectivity index (χ4n) is 4.83. The van der Waals surface area contributed by atoms with Crippen LogP contribution in [0.3, 0.4) is 0 Å². The van der Waals surface area contributed by atoms with Crippen LogP contribution in [-0.4, -0.2) is 61.5 Å². The molecule has 0 atom stereocenters. The summed E-state index contributed by atoms with van der Waals surface area (Å²) in [6.07, 6.45) is 4.43. The van der Waals surface area contributed by atoms with Crippen LogP contribution in [0, 0.1) is 25.2 Å². The lowest BCUT2D eigenvalue weighted by atomic mass is 10.1. The average Bonchev–Trinajstić information content (AvgIpc) is 3.27. The molecule has 0 unspecified atom stereocenters. The van der Waals surface area contributed by atoms with Gasteiger partial charge in [0, 0.05) is 62.1 Å². The molecule has 0 spiro atoms. The van der Waals surface area contributed by atoms with E-state index in [1.807, 2.05) is 31.0 Å². The van der Waals surface area contributed by atoms with Crippen LogP contribution >= 0.6 is 0 Å². The number of piperazine rings is 1. The van der Waals surface area contributed by atoms with E-state index in [9.17, 15) is 10.1 Å². The molecule has 1 aromatic carbocycles. The molecule has 8 heteroatoms. The molecule has 1 amide bonds. The summed E-state index contributed by atoms with van der Waals surface area (Å²) in [5.74, 6) is 0.170. The van der Waals surface area contributed by atoms with Crippen molar-refractivity contribution in [3.8, 4) is 6.07 Å². The first-order valence-electron chi connectivity index (χ1n) is 11.6. The van der Waals surface area contributed by atoms with Gasteiger partial charge in [-0.3, -0.25) is 14.7 Å². The summed E-state index contributed by atoms with van der Waals surface area (Å²) in [7, 11) is 0. The lowest BCUT2D eigenvalue weighted by molar-refractivity contribution is -0.133. The smallest absolute Gasteiger partial charge is 0.222 e. The molecule has 5 rings (SSSR count). The van der Waals surface area contributed by atoms with Crippen molar-refractivity contribution in [2.45, 2.75) is 33.2 Å². The van der Waals surface area contributed by atoms with E-state index >= 15 is 0 Å². The molecular weight excluding hydrogens is 426 g/mol. The van der Waals surface area contributed by atoms with Gasteiger partial charge in [-0.25, -0.2) is 9.50 Å². The molecule has 3 aromatic heterocycles. The molecule has 172 valence electrons. The van der Waals surface area contributed by atoms with Crippen LogP contribution in [0.1, 0.15) is 34.5 Å². The molecule has 0 saturated carbocycles. The van der Waals surface area contributed by atoms with E-state index in [0.717, 1.165) is 60.6 Å². The summed E-state index contributed by atoms with van der Waals surface area (Å²) in [4.78, 5) is 26.5. The van der Waals surface area contributed by atoms with Gasteiger partial charge in [-0.1, -0.05) is 24.3 Å². The first kappa shape index (κ1) is 22.0. The van der Waals surface area contributed by atoms with Crippen molar-refractivity contribution in [2.75, 3.05) is 26.2 Å². The van der Waals surface area contributed by atoms with Gasteiger partial charge < -0.3 is 4.90 Å². The van der Waals surface area contributed by atoms with Gasteiger partial charge in [-0.05, 0) is 37.5 Å². The normalized spacial score (nSPS) is 14.6. The zero-order chi connectivity index (χ0) is 23.7. The van der Waals surface area contributed by atoms with Crippen LogP contribution in [0.15, 0.2) is 42.7 Å². The zero-order valence-electron chi connectivity index (χ0n) is 19.5. The van der Waals surface area contributed by atoms with E-state index in [4.69, 9.17) is 0 Å². The Hall–Kier alpha value is -3.83. The van der Waals surface area contributed by atoms with Crippen molar-refractivity contribution < 1.29 is 4.79 Å². The number of nitrogens with zero attached hydrogens (tertiary/aromatic N) is 7. The number of carbonyl (C=O) groups excluding carboxylic acids is 1. The summed E-state index contributed by atoms with van der Waals surface area (Å²) in [5.41, 5.74) is 6.13. The van der Waals surface area contributed by atoms with E-state index in [-0.39, 0.29) is 5.91 Å². The van der Waals surface area contributed by atoms with Crippen molar-refractivity contribution in [2.24, 2.45) is 0 Å². The topological polar surface area (TPSA) is 90.4 Å². The monoisotopic (exact) mass is 453 g/mol. The van der Waals surface area contributed by atoms with Crippen LogP contribution in [0.4, 0.5) is 0 Å². The number of rotatable bonds is 5. The van der Waals surface area contributed by atoms with E-state index in [0.29, 0.717) is 24.1 Å². The van der Waals surface area contributed by atoms with Crippen molar-refractivity contribution in [1.82, 2.24) is 29.4 Å². The number of aromatic nitrogens is 4. The first-order chi connectivity index (χ1) is 16.5. The third kappa shape index (κ3) is 4.11. The second-order valence-electron chi connectivity index (χ2n) is 8.82. The fraction of sp³-hybridized carbons (Fsp3) is 0.346. The molecule has 1 aliphatic rings. The predicted octanol–water partition coefficient (Wildman–Crippen LogP) is 3.04. The molecular formula is C26H27N7O. The summed E-state index contributed by atoms with van der Waals surface area (Å²) in [6.45, 7) is 7.91. The molecule has 1 fully saturated rings. The lowest BCUT2D eigenvalue weighted by Gasteiger charge is -2.35. The third-order valence-corrected chi connectivity index (χ3v) is 6.75. The number of pyridine rings is 1. The van der Waals surface area contributed by atoms with Gasteiger partial charge in [-0.2, -0.15) is 10.4 Å². The van der Waals surface area contributed by atoms with Gasteiger partial charge in [-0.15, -0.1) is 0 Å². The minimum absolute atomic E-state index is 0.170. The Labute approximate surface area is 198 Å². The molecule has 0 bridgehead atoms. The molecule has 1 saturated heterocycles. The fourth-order valence-corrected chi connectivity index (χ4v) is 4.83.